The lowest BCUT2D eigenvalue weighted by molar-refractivity contribution is -0.170. The number of hydrogen-bond donors (Lipinski definition) is 1. The average molecular weight is 458 g/mol. The van der Waals surface area contributed by atoms with Crippen LogP contribution in [-0.2, 0) is 40.0 Å². The zero-order valence-electron chi connectivity index (χ0n) is 19.2. The summed E-state index contributed by atoms with van der Waals surface area (Å²) in [6, 6.07) is 9.32. The highest BCUT2D eigenvalue weighted by Gasteiger charge is 2.40. The van der Waals surface area contributed by atoms with Gasteiger partial charge in [0.25, 0.3) is 10.1 Å². The van der Waals surface area contributed by atoms with Crippen LogP contribution in [0.2, 0.25) is 0 Å². The molecule has 8 nitrogen and oxygen atoms in total. The van der Waals surface area contributed by atoms with Crippen LogP contribution in [0.4, 0.5) is 0 Å². The molecule has 1 aromatic rings. The van der Waals surface area contributed by atoms with Gasteiger partial charge in [-0.05, 0) is 17.9 Å². The summed E-state index contributed by atoms with van der Waals surface area (Å²) in [6.07, 6.45) is -0.908. The maximum atomic E-state index is 12.8. The summed E-state index contributed by atoms with van der Waals surface area (Å²) in [5.41, 5.74) is -0.157. The Balaban J connectivity index is 2.96. The molecule has 0 radical (unpaired) electrons. The molecule has 1 amide bonds. The van der Waals surface area contributed by atoms with Crippen LogP contribution in [-0.4, -0.2) is 45.0 Å². The second-order valence-electron chi connectivity index (χ2n) is 8.54. The van der Waals surface area contributed by atoms with Gasteiger partial charge in [0.2, 0.25) is 5.91 Å². The van der Waals surface area contributed by atoms with Crippen molar-refractivity contribution in [2.24, 2.45) is 11.3 Å². The van der Waals surface area contributed by atoms with Crippen molar-refractivity contribution in [3.8, 4) is 0 Å². The molecule has 0 aliphatic rings. The van der Waals surface area contributed by atoms with Crippen LogP contribution in [0.1, 0.15) is 53.5 Å². The van der Waals surface area contributed by atoms with Crippen LogP contribution in [0, 0.1) is 11.3 Å². The largest absolute Gasteiger partial charge is 0.463 e. The molecule has 1 unspecified atom stereocenters. The Hall–Kier alpha value is -1.97. The van der Waals surface area contributed by atoms with Crippen molar-refractivity contribution < 1.29 is 31.7 Å². The molecule has 0 fully saturated rings. The van der Waals surface area contributed by atoms with Crippen LogP contribution in [0.15, 0.2) is 30.3 Å². The molecule has 0 aliphatic carbocycles. The van der Waals surface area contributed by atoms with Crippen molar-refractivity contribution >= 4 is 22.0 Å². The fourth-order valence-corrected chi connectivity index (χ4v) is 4.04. The van der Waals surface area contributed by atoms with Gasteiger partial charge in [-0.25, -0.2) is 4.79 Å². The van der Waals surface area contributed by atoms with Gasteiger partial charge in [0, 0.05) is 12.3 Å². The van der Waals surface area contributed by atoms with Crippen LogP contribution < -0.4 is 5.32 Å². The Morgan fingerprint density at radius 1 is 1.13 bits per heavy atom. The van der Waals surface area contributed by atoms with E-state index in [0.717, 1.165) is 5.56 Å². The van der Waals surface area contributed by atoms with E-state index in [1.54, 1.807) is 20.8 Å². The molecule has 0 aliphatic heterocycles. The molecular weight excluding hydrogens is 422 g/mol. The van der Waals surface area contributed by atoms with Crippen molar-refractivity contribution in [2.45, 2.75) is 66.0 Å². The second kappa shape index (κ2) is 12.2. The fraction of sp³-hybridized carbons (Fsp3) is 0.636. The van der Waals surface area contributed by atoms with Crippen molar-refractivity contribution in [1.29, 1.82) is 0 Å². The standard InChI is InChI=1S/C22H35NO7S/c1-7-19(23-17(4)24)31(26,27)30-15-22(5,6)20(21(25)29-13-16(2)3)28-14-18-11-9-8-10-12-18/h8-12,16,19-20H,7,13-15H2,1-6H3,(H,23,24)/t19?,20-/m0/s1. The SMILES string of the molecule is CCC(NC(C)=O)S(=O)(=O)OCC(C)(C)[C@@H](OCc1ccccc1)C(=O)OCC(C)C. The predicted octanol–water partition coefficient (Wildman–Crippen LogP) is 3.02. The molecule has 0 saturated heterocycles. The van der Waals surface area contributed by atoms with Crippen LogP contribution >= 0.6 is 0 Å². The highest BCUT2D eigenvalue weighted by Crippen LogP contribution is 2.28. The summed E-state index contributed by atoms with van der Waals surface area (Å²) in [5.74, 6) is -0.911. The van der Waals surface area contributed by atoms with E-state index in [0.29, 0.717) is 0 Å². The third-order valence-electron chi connectivity index (χ3n) is 4.42. The number of amides is 1. The molecule has 1 aromatic carbocycles. The zero-order valence-corrected chi connectivity index (χ0v) is 20.0. The summed E-state index contributed by atoms with van der Waals surface area (Å²) in [7, 11) is -4.09. The van der Waals surface area contributed by atoms with Gasteiger partial charge in [0.1, 0.15) is 0 Å². The first-order valence-electron chi connectivity index (χ1n) is 10.4. The van der Waals surface area contributed by atoms with E-state index in [-0.39, 0.29) is 32.2 Å². The molecule has 1 rings (SSSR count). The van der Waals surface area contributed by atoms with Crippen molar-refractivity contribution in [2.75, 3.05) is 13.2 Å². The van der Waals surface area contributed by atoms with Gasteiger partial charge in [-0.3, -0.25) is 8.98 Å². The maximum absolute atomic E-state index is 12.8. The van der Waals surface area contributed by atoms with E-state index in [9.17, 15) is 18.0 Å². The molecule has 0 aromatic heterocycles. The minimum Gasteiger partial charge on any atom is -0.463 e. The smallest absolute Gasteiger partial charge is 0.335 e. The highest BCUT2D eigenvalue weighted by molar-refractivity contribution is 7.87. The lowest BCUT2D eigenvalue weighted by atomic mass is 9.87. The first-order chi connectivity index (χ1) is 14.4. The van der Waals surface area contributed by atoms with Gasteiger partial charge in [-0.2, -0.15) is 8.42 Å². The Kier molecular flexibility index (Phi) is 10.6. The minimum absolute atomic E-state index is 0.140. The maximum Gasteiger partial charge on any atom is 0.335 e. The summed E-state index contributed by atoms with van der Waals surface area (Å²) < 4.78 is 41.6. The van der Waals surface area contributed by atoms with Crippen molar-refractivity contribution in [3.63, 3.8) is 0 Å². The number of ether oxygens (including phenoxy) is 2. The Morgan fingerprint density at radius 3 is 2.26 bits per heavy atom. The number of carbonyl (C=O) groups is 2. The minimum atomic E-state index is -4.09. The highest BCUT2D eigenvalue weighted by atomic mass is 32.2. The molecule has 0 bridgehead atoms. The summed E-state index contributed by atoms with van der Waals surface area (Å²) in [6.45, 7) is 10.1. The third-order valence-corrected chi connectivity index (χ3v) is 6.02. The fourth-order valence-electron chi connectivity index (χ4n) is 2.69. The number of rotatable bonds is 13. The number of carbonyl (C=O) groups excluding carboxylic acids is 2. The molecular formula is C22H35NO7S. The van der Waals surface area contributed by atoms with Gasteiger partial charge in [-0.15, -0.1) is 0 Å². The first kappa shape index (κ1) is 27.1. The lowest BCUT2D eigenvalue weighted by Gasteiger charge is -2.32. The zero-order chi connectivity index (χ0) is 23.7. The van der Waals surface area contributed by atoms with Crippen molar-refractivity contribution in [3.05, 3.63) is 35.9 Å². The molecule has 9 heteroatoms. The van der Waals surface area contributed by atoms with Crippen molar-refractivity contribution in [1.82, 2.24) is 5.32 Å². The number of hydrogen-bond acceptors (Lipinski definition) is 7. The van der Waals surface area contributed by atoms with Crippen LogP contribution in [0.3, 0.4) is 0 Å². The van der Waals surface area contributed by atoms with Gasteiger partial charge < -0.3 is 14.8 Å². The van der Waals surface area contributed by atoms with E-state index in [4.69, 9.17) is 13.7 Å². The van der Waals surface area contributed by atoms with Gasteiger partial charge in [0.15, 0.2) is 11.5 Å². The van der Waals surface area contributed by atoms with Crippen LogP contribution in [0.25, 0.3) is 0 Å². The summed E-state index contributed by atoms with van der Waals surface area (Å²) >= 11 is 0. The predicted molar refractivity (Wildman–Crippen MR) is 117 cm³/mol. The monoisotopic (exact) mass is 457 g/mol. The lowest BCUT2D eigenvalue weighted by Crippen LogP contribution is -2.46. The first-order valence-corrected chi connectivity index (χ1v) is 11.8. The molecule has 0 spiro atoms. The third kappa shape index (κ3) is 9.37. The van der Waals surface area contributed by atoms with E-state index in [1.807, 2.05) is 44.2 Å². The topological polar surface area (TPSA) is 108 Å². The normalized spacial score (nSPS) is 14.2. The quantitative estimate of drug-likeness (QED) is 0.358. The molecule has 2 atom stereocenters. The van der Waals surface area contributed by atoms with E-state index in [2.05, 4.69) is 5.32 Å². The van der Waals surface area contributed by atoms with Gasteiger partial charge in [-0.1, -0.05) is 65.0 Å². The number of nitrogens with one attached hydrogen (secondary N) is 1. The molecule has 0 saturated carbocycles. The Bertz CT molecular complexity index is 806. The Labute approximate surface area is 185 Å². The Morgan fingerprint density at radius 2 is 1.74 bits per heavy atom. The van der Waals surface area contributed by atoms with Gasteiger partial charge in [0.05, 0.1) is 19.8 Å². The number of benzene rings is 1. The number of esters is 1. The van der Waals surface area contributed by atoms with E-state index in [1.165, 1.54) is 6.92 Å². The van der Waals surface area contributed by atoms with E-state index < -0.39 is 38.9 Å². The van der Waals surface area contributed by atoms with Crippen LogP contribution in [0.5, 0.6) is 0 Å². The second-order valence-corrected chi connectivity index (χ2v) is 10.3. The molecule has 1 N–H and O–H groups in total. The molecule has 31 heavy (non-hydrogen) atoms. The van der Waals surface area contributed by atoms with Gasteiger partial charge >= 0.3 is 5.97 Å². The summed E-state index contributed by atoms with van der Waals surface area (Å²) in [4.78, 5) is 24.1. The summed E-state index contributed by atoms with van der Waals surface area (Å²) in [5, 5.41) is 1.19. The average Bonchev–Trinajstić information content (AvgIpc) is 2.69. The van der Waals surface area contributed by atoms with E-state index >= 15 is 0 Å². The molecule has 0 heterocycles. The molecule has 176 valence electrons.